The summed E-state index contributed by atoms with van der Waals surface area (Å²) in [5, 5.41) is 7.54. The van der Waals surface area contributed by atoms with Crippen molar-refractivity contribution in [3.8, 4) is 0 Å². The van der Waals surface area contributed by atoms with Gasteiger partial charge in [-0.25, -0.2) is 0 Å². The third kappa shape index (κ3) is 4.27. The lowest BCUT2D eigenvalue weighted by molar-refractivity contribution is -0.127. The third-order valence-corrected chi connectivity index (χ3v) is 5.64. The van der Waals surface area contributed by atoms with Crippen molar-refractivity contribution in [2.24, 2.45) is 11.8 Å². The molecule has 2 N–H and O–H groups in total. The van der Waals surface area contributed by atoms with Crippen molar-refractivity contribution in [3.63, 3.8) is 0 Å². The van der Waals surface area contributed by atoms with Crippen molar-refractivity contribution in [1.82, 2.24) is 10.6 Å². The molecule has 1 saturated carbocycles. The molecule has 3 atom stereocenters. The van der Waals surface area contributed by atoms with Crippen molar-refractivity contribution >= 4 is 17.5 Å². The normalized spacial score (nSPS) is 26.9. The highest BCUT2D eigenvalue weighted by molar-refractivity contribution is 6.30. The molecule has 1 aromatic rings. The van der Waals surface area contributed by atoms with Gasteiger partial charge in [0.1, 0.15) is 0 Å². The maximum absolute atomic E-state index is 12.8. The van der Waals surface area contributed by atoms with Crippen molar-refractivity contribution in [2.45, 2.75) is 57.5 Å². The molecule has 126 valence electrons. The van der Waals surface area contributed by atoms with Crippen molar-refractivity contribution in [2.75, 3.05) is 6.54 Å². The molecule has 0 bridgehead atoms. The number of amides is 1. The first-order valence-electron chi connectivity index (χ1n) is 8.92. The molecule has 23 heavy (non-hydrogen) atoms. The molecule has 4 heteroatoms. The molecule has 0 aromatic heterocycles. The lowest BCUT2D eigenvalue weighted by atomic mass is 9.88. The second kappa shape index (κ2) is 7.67. The summed E-state index contributed by atoms with van der Waals surface area (Å²) in [6, 6.07) is 8.55. The number of nitrogens with one attached hydrogen (secondary N) is 2. The molecule has 1 amide bonds. The lowest BCUT2D eigenvalue weighted by Crippen LogP contribution is -2.44. The largest absolute Gasteiger partial charge is 0.349 e. The molecule has 1 unspecified atom stereocenters. The van der Waals surface area contributed by atoms with Gasteiger partial charge in [0.15, 0.2) is 0 Å². The number of carbonyl (C=O) groups excluding carboxylic acids is 1. The maximum Gasteiger partial charge on any atom is 0.223 e. The minimum atomic E-state index is 0.132. The number of piperidine rings is 1. The highest BCUT2D eigenvalue weighted by Crippen LogP contribution is 2.36. The molecular formula is C19H27ClN2O. The first-order chi connectivity index (χ1) is 11.1. The van der Waals surface area contributed by atoms with E-state index >= 15 is 0 Å². The van der Waals surface area contributed by atoms with E-state index in [4.69, 9.17) is 11.6 Å². The quantitative estimate of drug-likeness (QED) is 0.871. The van der Waals surface area contributed by atoms with Crippen LogP contribution in [0.25, 0.3) is 0 Å². The van der Waals surface area contributed by atoms with Crippen LogP contribution in [0.4, 0.5) is 0 Å². The molecule has 2 aliphatic rings. The van der Waals surface area contributed by atoms with E-state index in [-0.39, 0.29) is 17.9 Å². The van der Waals surface area contributed by atoms with Gasteiger partial charge < -0.3 is 10.6 Å². The average molecular weight is 335 g/mol. The van der Waals surface area contributed by atoms with Crippen LogP contribution in [0.5, 0.6) is 0 Å². The summed E-state index contributed by atoms with van der Waals surface area (Å²) in [7, 11) is 0. The fourth-order valence-corrected chi connectivity index (χ4v) is 4.20. The Balaban J connectivity index is 1.72. The monoisotopic (exact) mass is 334 g/mol. The third-order valence-electron chi connectivity index (χ3n) is 5.39. The molecule has 1 aromatic carbocycles. The fourth-order valence-electron chi connectivity index (χ4n) is 4.08. The van der Waals surface area contributed by atoms with Gasteiger partial charge in [0.05, 0.1) is 6.04 Å². The van der Waals surface area contributed by atoms with Gasteiger partial charge in [0, 0.05) is 17.0 Å². The Morgan fingerprint density at radius 3 is 2.57 bits per heavy atom. The van der Waals surface area contributed by atoms with Crippen LogP contribution in [0.15, 0.2) is 24.3 Å². The molecule has 0 radical (unpaired) electrons. The molecule has 1 saturated heterocycles. The van der Waals surface area contributed by atoms with E-state index in [0.29, 0.717) is 12.0 Å². The van der Waals surface area contributed by atoms with Gasteiger partial charge in [0.25, 0.3) is 0 Å². The Bertz CT molecular complexity index is 525. The van der Waals surface area contributed by atoms with E-state index < -0.39 is 0 Å². The minimum absolute atomic E-state index is 0.132. The molecular weight excluding hydrogens is 308 g/mol. The zero-order chi connectivity index (χ0) is 16.2. The molecule has 1 heterocycles. The molecule has 0 spiro atoms. The van der Waals surface area contributed by atoms with E-state index in [0.717, 1.165) is 24.4 Å². The summed E-state index contributed by atoms with van der Waals surface area (Å²) in [5.41, 5.74) is 1.19. The highest BCUT2D eigenvalue weighted by atomic mass is 35.5. The molecule has 1 aliphatic carbocycles. The summed E-state index contributed by atoms with van der Waals surface area (Å²) < 4.78 is 0. The van der Waals surface area contributed by atoms with Crippen LogP contribution in [0.2, 0.25) is 5.02 Å². The van der Waals surface area contributed by atoms with E-state index in [9.17, 15) is 4.79 Å². The Kier molecular flexibility index (Phi) is 5.60. The Morgan fingerprint density at radius 1 is 1.22 bits per heavy atom. The maximum atomic E-state index is 12.8. The summed E-state index contributed by atoms with van der Waals surface area (Å²) in [6.07, 6.45) is 6.83. The zero-order valence-electron chi connectivity index (χ0n) is 13.9. The molecule has 2 fully saturated rings. The zero-order valence-corrected chi connectivity index (χ0v) is 14.6. The van der Waals surface area contributed by atoms with E-state index in [2.05, 4.69) is 29.7 Å². The van der Waals surface area contributed by atoms with Gasteiger partial charge in [-0.15, -0.1) is 0 Å². The standard InChI is InChI=1S/C19H27ClN2O/c1-13-12-16(10-11-21-13)19(23)22-18(14-4-2-3-5-14)15-6-8-17(20)9-7-15/h6-9,13-14,16,18,21H,2-5,10-12H2,1H3,(H,22,23)/t13-,16-,18?/m0/s1. The summed E-state index contributed by atoms with van der Waals surface area (Å²) in [4.78, 5) is 12.8. The lowest BCUT2D eigenvalue weighted by Gasteiger charge is -2.31. The number of carbonyl (C=O) groups is 1. The predicted molar refractivity (Wildman–Crippen MR) is 94.5 cm³/mol. The second-order valence-electron chi connectivity index (χ2n) is 7.16. The summed E-state index contributed by atoms with van der Waals surface area (Å²) in [5.74, 6) is 0.923. The number of rotatable bonds is 4. The van der Waals surface area contributed by atoms with Crippen LogP contribution >= 0.6 is 11.6 Å². The smallest absolute Gasteiger partial charge is 0.223 e. The van der Waals surface area contributed by atoms with Crippen LogP contribution in [-0.2, 0) is 4.79 Å². The Labute approximate surface area is 144 Å². The summed E-state index contributed by atoms with van der Waals surface area (Å²) in [6.45, 7) is 3.10. The van der Waals surface area contributed by atoms with Crippen molar-refractivity contribution in [1.29, 1.82) is 0 Å². The van der Waals surface area contributed by atoms with Gasteiger partial charge in [-0.1, -0.05) is 36.6 Å². The van der Waals surface area contributed by atoms with E-state index in [1.54, 1.807) is 0 Å². The van der Waals surface area contributed by atoms with Crippen LogP contribution in [0.1, 0.15) is 57.1 Å². The van der Waals surface area contributed by atoms with Crippen molar-refractivity contribution < 1.29 is 4.79 Å². The molecule has 3 nitrogen and oxygen atoms in total. The van der Waals surface area contributed by atoms with Gasteiger partial charge in [-0.2, -0.15) is 0 Å². The second-order valence-corrected chi connectivity index (χ2v) is 7.60. The van der Waals surface area contributed by atoms with Crippen molar-refractivity contribution in [3.05, 3.63) is 34.9 Å². The molecule has 1 aliphatic heterocycles. The van der Waals surface area contributed by atoms with E-state index in [1.807, 2.05) is 12.1 Å². The van der Waals surface area contributed by atoms with Gasteiger partial charge in [0.2, 0.25) is 5.91 Å². The topological polar surface area (TPSA) is 41.1 Å². The summed E-state index contributed by atoms with van der Waals surface area (Å²) >= 11 is 6.03. The average Bonchev–Trinajstić information content (AvgIpc) is 3.07. The number of hydrogen-bond donors (Lipinski definition) is 2. The van der Waals surface area contributed by atoms with Crippen LogP contribution < -0.4 is 10.6 Å². The predicted octanol–water partition coefficient (Wildman–Crippen LogP) is 4.08. The molecule has 3 rings (SSSR count). The number of halogens is 1. The van der Waals surface area contributed by atoms with Gasteiger partial charge >= 0.3 is 0 Å². The SMILES string of the molecule is C[C@H]1C[C@@H](C(=O)NC(c2ccc(Cl)cc2)C2CCCC2)CCN1. The first kappa shape index (κ1) is 16.8. The van der Waals surface area contributed by atoms with Crippen LogP contribution in [-0.4, -0.2) is 18.5 Å². The van der Waals surface area contributed by atoms with Gasteiger partial charge in [-0.05, 0) is 62.8 Å². The number of benzene rings is 1. The minimum Gasteiger partial charge on any atom is -0.349 e. The number of hydrogen-bond acceptors (Lipinski definition) is 2. The Hall–Kier alpha value is -1.06. The fraction of sp³-hybridized carbons (Fsp3) is 0.632. The van der Waals surface area contributed by atoms with Crippen LogP contribution in [0.3, 0.4) is 0 Å². The highest BCUT2D eigenvalue weighted by Gasteiger charge is 2.31. The van der Waals surface area contributed by atoms with Gasteiger partial charge in [-0.3, -0.25) is 4.79 Å². The first-order valence-corrected chi connectivity index (χ1v) is 9.30. The van der Waals surface area contributed by atoms with Crippen LogP contribution in [0, 0.1) is 11.8 Å². The Morgan fingerprint density at radius 2 is 1.91 bits per heavy atom. The van der Waals surface area contributed by atoms with E-state index in [1.165, 1.54) is 31.2 Å².